The number of rotatable bonds is 3. The summed E-state index contributed by atoms with van der Waals surface area (Å²) >= 11 is 0. The Bertz CT molecular complexity index is 395. The first kappa shape index (κ1) is 16.8. The lowest BCUT2D eigenvalue weighted by molar-refractivity contribution is -0.185. The number of hydrogen-bond donors (Lipinski definition) is 1. The summed E-state index contributed by atoms with van der Waals surface area (Å²) in [6.07, 6.45) is 5.85. The van der Waals surface area contributed by atoms with Gasteiger partial charge in [0.2, 0.25) is 5.91 Å². The van der Waals surface area contributed by atoms with Gasteiger partial charge in [-0.05, 0) is 43.4 Å². The van der Waals surface area contributed by atoms with E-state index in [-0.39, 0.29) is 17.2 Å². The highest BCUT2D eigenvalue weighted by Crippen LogP contribution is 2.59. The Kier molecular flexibility index (Phi) is 4.69. The second-order valence-electron chi connectivity index (χ2n) is 7.71. The Hall–Kier alpha value is -0.610. The van der Waals surface area contributed by atoms with Crippen LogP contribution in [-0.4, -0.2) is 35.8 Å². The van der Waals surface area contributed by atoms with Gasteiger partial charge in [-0.2, -0.15) is 0 Å². The molecule has 2 aliphatic rings. The van der Waals surface area contributed by atoms with E-state index in [4.69, 9.17) is 4.84 Å². The molecule has 0 aromatic heterocycles. The smallest absolute Gasteiger partial charge is 0.246 e. The SMILES string of the molecule is CON(C)C(=O)CC1C2(C)CCCC(C)C2CC[C@@]1(C)O. The van der Waals surface area contributed by atoms with Gasteiger partial charge >= 0.3 is 0 Å². The fraction of sp³-hybridized carbons (Fsp3) is 0.941. The van der Waals surface area contributed by atoms with Crippen LogP contribution in [0.4, 0.5) is 0 Å². The van der Waals surface area contributed by atoms with Crippen molar-refractivity contribution in [3.8, 4) is 0 Å². The van der Waals surface area contributed by atoms with Crippen LogP contribution in [0.25, 0.3) is 0 Å². The Balaban J connectivity index is 2.26. The second-order valence-corrected chi connectivity index (χ2v) is 7.71. The number of aliphatic hydroxyl groups is 1. The van der Waals surface area contributed by atoms with Gasteiger partial charge in [0.05, 0.1) is 12.7 Å². The minimum absolute atomic E-state index is 0.0107. The molecular weight excluding hydrogens is 266 g/mol. The van der Waals surface area contributed by atoms with Crippen LogP contribution in [0.15, 0.2) is 0 Å². The van der Waals surface area contributed by atoms with Crippen LogP contribution in [0.5, 0.6) is 0 Å². The quantitative estimate of drug-likeness (QED) is 0.815. The van der Waals surface area contributed by atoms with Gasteiger partial charge in [-0.3, -0.25) is 9.63 Å². The van der Waals surface area contributed by atoms with E-state index < -0.39 is 5.60 Å². The molecule has 0 saturated heterocycles. The molecule has 4 unspecified atom stereocenters. The predicted molar refractivity (Wildman–Crippen MR) is 82.4 cm³/mol. The van der Waals surface area contributed by atoms with Gasteiger partial charge in [0.1, 0.15) is 0 Å². The minimum atomic E-state index is -0.757. The van der Waals surface area contributed by atoms with E-state index in [0.717, 1.165) is 19.3 Å². The first-order chi connectivity index (χ1) is 9.72. The molecule has 0 radical (unpaired) electrons. The first-order valence-electron chi connectivity index (χ1n) is 8.25. The molecule has 5 atom stereocenters. The van der Waals surface area contributed by atoms with Crippen molar-refractivity contribution < 1.29 is 14.7 Å². The van der Waals surface area contributed by atoms with E-state index in [1.807, 2.05) is 6.92 Å². The highest BCUT2D eigenvalue weighted by atomic mass is 16.7. The summed E-state index contributed by atoms with van der Waals surface area (Å²) in [4.78, 5) is 17.3. The molecule has 21 heavy (non-hydrogen) atoms. The van der Waals surface area contributed by atoms with Crippen molar-refractivity contribution in [2.75, 3.05) is 14.2 Å². The maximum atomic E-state index is 12.3. The van der Waals surface area contributed by atoms with Crippen LogP contribution < -0.4 is 0 Å². The Labute approximate surface area is 128 Å². The van der Waals surface area contributed by atoms with Gasteiger partial charge in [-0.15, -0.1) is 0 Å². The van der Waals surface area contributed by atoms with E-state index >= 15 is 0 Å². The summed E-state index contributed by atoms with van der Waals surface area (Å²) < 4.78 is 0. The van der Waals surface area contributed by atoms with E-state index in [1.54, 1.807) is 7.05 Å². The van der Waals surface area contributed by atoms with Crippen molar-refractivity contribution in [2.24, 2.45) is 23.2 Å². The molecule has 4 nitrogen and oxygen atoms in total. The Morgan fingerprint density at radius 2 is 2.00 bits per heavy atom. The van der Waals surface area contributed by atoms with Crippen molar-refractivity contribution in [1.29, 1.82) is 0 Å². The molecule has 0 bridgehead atoms. The standard InChI is InChI=1S/C17H31NO3/c1-12-7-6-9-16(2)13(12)8-10-17(3,20)14(16)11-15(19)18(4)21-5/h12-14,20H,6-11H2,1-5H3/t12?,13?,14?,16?,17-/m1/s1. The molecule has 2 saturated carbocycles. The van der Waals surface area contributed by atoms with Crippen molar-refractivity contribution in [1.82, 2.24) is 5.06 Å². The van der Waals surface area contributed by atoms with Gasteiger partial charge in [0.15, 0.2) is 0 Å². The van der Waals surface area contributed by atoms with Gasteiger partial charge in [0, 0.05) is 19.4 Å². The predicted octanol–water partition coefficient (Wildman–Crippen LogP) is 3.00. The van der Waals surface area contributed by atoms with Crippen LogP contribution in [0.1, 0.15) is 59.3 Å². The number of fused-ring (bicyclic) bond motifs is 1. The largest absolute Gasteiger partial charge is 0.390 e. The fourth-order valence-electron chi connectivity index (χ4n) is 5.08. The van der Waals surface area contributed by atoms with Gasteiger partial charge < -0.3 is 5.11 Å². The maximum Gasteiger partial charge on any atom is 0.246 e. The van der Waals surface area contributed by atoms with Crippen LogP contribution in [0, 0.1) is 23.2 Å². The van der Waals surface area contributed by atoms with Crippen molar-refractivity contribution >= 4 is 5.91 Å². The fourth-order valence-corrected chi connectivity index (χ4v) is 5.08. The molecule has 1 amide bonds. The van der Waals surface area contributed by atoms with E-state index in [1.165, 1.54) is 25.0 Å². The summed E-state index contributed by atoms with van der Waals surface area (Å²) in [5.74, 6) is 1.29. The Morgan fingerprint density at radius 1 is 1.33 bits per heavy atom. The number of nitrogens with zero attached hydrogens (tertiary/aromatic N) is 1. The first-order valence-corrected chi connectivity index (χ1v) is 8.25. The van der Waals surface area contributed by atoms with Crippen molar-refractivity contribution in [3.63, 3.8) is 0 Å². The molecular formula is C17H31NO3. The second kappa shape index (κ2) is 5.88. The zero-order valence-corrected chi connectivity index (χ0v) is 14.2. The number of hydrogen-bond acceptors (Lipinski definition) is 3. The lowest BCUT2D eigenvalue weighted by Crippen LogP contribution is -2.56. The van der Waals surface area contributed by atoms with Gasteiger partial charge in [-0.25, -0.2) is 5.06 Å². The summed E-state index contributed by atoms with van der Waals surface area (Å²) in [7, 11) is 3.15. The van der Waals surface area contributed by atoms with Gasteiger partial charge in [-0.1, -0.05) is 26.7 Å². The molecule has 1 N–H and O–H groups in total. The zero-order valence-electron chi connectivity index (χ0n) is 14.2. The average molecular weight is 297 g/mol. The van der Waals surface area contributed by atoms with E-state index in [0.29, 0.717) is 18.3 Å². The third-order valence-electron chi connectivity index (χ3n) is 6.42. The number of hydroxylamine groups is 2. The van der Waals surface area contributed by atoms with Crippen LogP contribution in [-0.2, 0) is 9.63 Å². The lowest BCUT2D eigenvalue weighted by Gasteiger charge is -2.58. The van der Waals surface area contributed by atoms with Crippen molar-refractivity contribution in [3.05, 3.63) is 0 Å². The molecule has 2 fully saturated rings. The summed E-state index contributed by atoms with van der Waals surface area (Å²) in [5.41, 5.74) is -0.698. The minimum Gasteiger partial charge on any atom is -0.390 e. The maximum absolute atomic E-state index is 12.3. The molecule has 122 valence electrons. The summed E-state index contributed by atoms with van der Waals surface area (Å²) in [5, 5.41) is 12.2. The number of amides is 1. The normalized spacial score (nSPS) is 43.2. The molecule has 4 heteroatoms. The molecule has 0 aliphatic heterocycles. The summed E-state index contributed by atoms with van der Waals surface area (Å²) in [6.45, 7) is 6.55. The zero-order chi connectivity index (χ0) is 15.8. The topological polar surface area (TPSA) is 49.8 Å². The van der Waals surface area contributed by atoms with E-state index in [9.17, 15) is 9.90 Å². The third-order valence-corrected chi connectivity index (χ3v) is 6.42. The van der Waals surface area contributed by atoms with Crippen molar-refractivity contribution in [2.45, 2.75) is 64.9 Å². The highest BCUT2D eigenvalue weighted by molar-refractivity contribution is 5.75. The molecule has 0 aromatic carbocycles. The van der Waals surface area contributed by atoms with Crippen LogP contribution in [0.2, 0.25) is 0 Å². The molecule has 0 heterocycles. The molecule has 2 aliphatic carbocycles. The molecule has 0 spiro atoms. The van der Waals surface area contributed by atoms with Gasteiger partial charge in [0.25, 0.3) is 0 Å². The third kappa shape index (κ3) is 2.98. The highest BCUT2D eigenvalue weighted by Gasteiger charge is 2.55. The van der Waals surface area contributed by atoms with E-state index in [2.05, 4.69) is 13.8 Å². The average Bonchev–Trinajstić information content (AvgIpc) is 2.41. The monoisotopic (exact) mass is 297 g/mol. The Morgan fingerprint density at radius 3 is 2.62 bits per heavy atom. The lowest BCUT2D eigenvalue weighted by atomic mass is 9.48. The van der Waals surface area contributed by atoms with Crippen LogP contribution in [0.3, 0.4) is 0 Å². The van der Waals surface area contributed by atoms with Crippen LogP contribution >= 0.6 is 0 Å². The number of carbonyl (C=O) groups is 1. The molecule has 2 rings (SSSR count). The number of carbonyl (C=O) groups excluding carboxylic acids is 1. The molecule has 0 aromatic rings. The summed E-state index contributed by atoms with van der Waals surface area (Å²) in [6, 6.07) is 0.